The summed E-state index contributed by atoms with van der Waals surface area (Å²) < 4.78 is 5.82. The minimum absolute atomic E-state index is 0.0978. The molecule has 212 valence electrons. The summed E-state index contributed by atoms with van der Waals surface area (Å²) in [5.41, 5.74) is 3.56. The second-order valence-electron chi connectivity index (χ2n) is 10.5. The Morgan fingerprint density at radius 3 is 2.80 bits per heavy atom. The van der Waals surface area contributed by atoms with E-state index in [4.69, 9.17) is 4.74 Å². The second-order valence-corrected chi connectivity index (χ2v) is 10.5. The average Bonchev–Trinajstić information content (AvgIpc) is 3.49. The fourth-order valence-electron chi connectivity index (χ4n) is 5.24. The highest BCUT2D eigenvalue weighted by molar-refractivity contribution is 5.94. The number of aliphatic hydroxyl groups is 1. The number of aliphatic hydroxyl groups excluding tert-OH is 1. The topological polar surface area (TPSA) is 149 Å². The van der Waals surface area contributed by atoms with Crippen molar-refractivity contribution in [2.45, 2.75) is 64.3 Å². The molecule has 1 amide bonds. The first-order chi connectivity index (χ1) is 19.4. The Morgan fingerprint density at radius 2 is 2.02 bits per heavy atom. The van der Waals surface area contributed by atoms with Gasteiger partial charge in [-0.25, -0.2) is 9.97 Å². The monoisotopic (exact) mass is 548 g/mol. The van der Waals surface area contributed by atoms with Crippen LogP contribution >= 0.6 is 0 Å². The number of aromatic amines is 1. The summed E-state index contributed by atoms with van der Waals surface area (Å²) in [6.45, 7) is 5.46. The highest BCUT2D eigenvalue weighted by atomic mass is 16.5. The normalized spacial score (nSPS) is 16.8. The van der Waals surface area contributed by atoms with Crippen molar-refractivity contribution in [1.82, 2.24) is 35.2 Å². The summed E-state index contributed by atoms with van der Waals surface area (Å²) in [6.07, 6.45) is 5.54. The van der Waals surface area contributed by atoms with E-state index in [1.807, 2.05) is 11.0 Å². The zero-order chi connectivity index (χ0) is 27.9. The molecule has 2 aliphatic heterocycles. The van der Waals surface area contributed by atoms with Crippen LogP contribution in [0.5, 0.6) is 5.75 Å². The number of rotatable bonds is 11. The SMILES string of the molecule is CC(=O)N1CCC(Nc2cc(C(=O)CC[C@H](O)CN3CCc4cc(OCc5cn[nH]n5)ccc4C3)ncn2)CC1. The molecule has 3 N–H and O–H groups in total. The number of nitrogens with zero attached hydrogens (tertiary/aromatic N) is 6. The standard InChI is InChI=1S/C28H36N8O4/c1-19(37)36-10-7-22(8-11-36)32-28-13-26(29-18-30-28)27(39)5-3-24(38)16-35-9-6-20-12-25(4-2-21(20)15-35)40-17-23-14-31-34-33-23/h2,4,12-14,18,22,24,38H,3,5-11,15-17H2,1H3,(H,29,30,32)(H,31,33,34)/t24-/m0/s1. The van der Waals surface area contributed by atoms with Crippen molar-refractivity contribution in [2.24, 2.45) is 0 Å². The molecule has 40 heavy (non-hydrogen) atoms. The number of β-amino-alcohol motifs (C(OH)–C–C–N with tert-alkyl or cyclic N) is 1. The van der Waals surface area contributed by atoms with E-state index < -0.39 is 6.10 Å². The van der Waals surface area contributed by atoms with E-state index in [9.17, 15) is 14.7 Å². The van der Waals surface area contributed by atoms with Crippen LogP contribution in [0, 0.1) is 0 Å². The van der Waals surface area contributed by atoms with E-state index in [0.29, 0.717) is 44.2 Å². The number of ketones is 1. The highest BCUT2D eigenvalue weighted by Gasteiger charge is 2.22. The van der Waals surface area contributed by atoms with E-state index >= 15 is 0 Å². The lowest BCUT2D eigenvalue weighted by atomic mass is 9.98. The zero-order valence-electron chi connectivity index (χ0n) is 22.8. The third kappa shape index (κ3) is 7.39. The number of carbonyl (C=O) groups excluding carboxylic acids is 2. The largest absolute Gasteiger partial charge is 0.487 e. The lowest BCUT2D eigenvalue weighted by Gasteiger charge is -2.31. The van der Waals surface area contributed by atoms with E-state index in [-0.39, 0.29) is 24.2 Å². The van der Waals surface area contributed by atoms with Crippen LogP contribution in [0.25, 0.3) is 0 Å². The molecule has 2 aromatic heterocycles. The van der Waals surface area contributed by atoms with Gasteiger partial charge in [-0.2, -0.15) is 15.4 Å². The Balaban J connectivity index is 1.05. The molecule has 0 aliphatic carbocycles. The first kappa shape index (κ1) is 27.7. The van der Waals surface area contributed by atoms with Gasteiger partial charge in [-0.15, -0.1) is 0 Å². The van der Waals surface area contributed by atoms with E-state index in [0.717, 1.165) is 43.8 Å². The quantitative estimate of drug-likeness (QED) is 0.304. The fourth-order valence-corrected chi connectivity index (χ4v) is 5.24. The van der Waals surface area contributed by atoms with Gasteiger partial charge in [0.05, 0.1) is 12.3 Å². The Kier molecular flexibility index (Phi) is 8.97. The molecule has 5 rings (SSSR count). The number of Topliss-reactive ketones (excluding diaryl/α,β-unsaturated/α-hetero) is 1. The molecule has 12 heteroatoms. The summed E-state index contributed by atoms with van der Waals surface area (Å²) in [6, 6.07) is 7.97. The maximum atomic E-state index is 12.8. The molecule has 12 nitrogen and oxygen atoms in total. The average molecular weight is 549 g/mol. The lowest BCUT2D eigenvalue weighted by molar-refractivity contribution is -0.129. The maximum absolute atomic E-state index is 12.8. The first-order valence-electron chi connectivity index (χ1n) is 13.8. The Hall–Kier alpha value is -3.90. The van der Waals surface area contributed by atoms with Crippen LogP contribution in [-0.2, 0) is 24.4 Å². The predicted octanol–water partition coefficient (Wildman–Crippen LogP) is 1.98. The summed E-state index contributed by atoms with van der Waals surface area (Å²) in [5, 5.41) is 24.4. The van der Waals surface area contributed by atoms with Gasteiger partial charge in [-0.1, -0.05) is 6.07 Å². The molecule has 0 radical (unpaired) electrons. The molecular weight excluding hydrogens is 512 g/mol. The molecule has 1 aromatic carbocycles. The number of benzene rings is 1. The highest BCUT2D eigenvalue weighted by Crippen LogP contribution is 2.25. The molecule has 2 aliphatic rings. The van der Waals surface area contributed by atoms with Crippen molar-refractivity contribution in [3.05, 3.63) is 59.3 Å². The number of anilines is 1. The Bertz CT molecular complexity index is 1290. The van der Waals surface area contributed by atoms with Gasteiger partial charge in [-0.3, -0.25) is 14.5 Å². The van der Waals surface area contributed by atoms with Gasteiger partial charge in [-0.05, 0) is 48.9 Å². The van der Waals surface area contributed by atoms with Gasteiger partial charge in [0.1, 0.15) is 35.9 Å². The summed E-state index contributed by atoms with van der Waals surface area (Å²) in [7, 11) is 0. The number of H-pyrrole nitrogens is 1. The smallest absolute Gasteiger partial charge is 0.219 e. The molecule has 4 heterocycles. The van der Waals surface area contributed by atoms with Gasteiger partial charge in [0.15, 0.2) is 5.78 Å². The second kappa shape index (κ2) is 13.0. The minimum atomic E-state index is -0.610. The number of piperidine rings is 1. The molecule has 1 fully saturated rings. The third-order valence-corrected chi connectivity index (χ3v) is 7.54. The van der Waals surface area contributed by atoms with Crippen molar-refractivity contribution >= 4 is 17.5 Å². The van der Waals surface area contributed by atoms with Crippen LogP contribution < -0.4 is 10.1 Å². The fraction of sp³-hybridized carbons (Fsp3) is 0.500. The van der Waals surface area contributed by atoms with Crippen molar-refractivity contribution in [3.8, 4) is 5.75 Å². The van der Waals surface area contributed by atoms with Crippen LogP contribution in [0.4, 0.5) is 5.82 Å². The number of likely N-dealkylation sites (tertiary alicyclic amines) is 1. The summed E-state index contributed by atoms with van der Waals surface area (Å²) in [4.78, 5) is 36.8. The number of nitrogens with one attached hydrogen (secondary N) is 2. The van der Waals surface area contributed by atoms with Crippen LogP contribution in [-0.4, -0.2) is 90.3 Å². The zero-order valence-corrected chi connectivity index (χ0v) is 22.8. The van der Waals surface area contributed by atoms with Crippen LogP contribution in [0.2, 0.25) is 0 Å². The van der Waals surface area contributed by atoms with Gasteiger partial charge in [0.25, 0.3) is 0 Å². The molecular formula is C28H36N8O4. The van der Waals surface area contributed by atoms with Crippen molar-refractivity contribution < 1.29 is 19.4 Å². The number of carbonyl (C=O) groups is 2. The van der Waals surface area contributed by atoms with Crippen LogP contribution in [0.3, 0.4) is 0 Å². The van der Waals surface area contributed by atoms with Gasteiger partial charge in [0, 0.05) is 58.2 Å². The molecule has 0 spiro atoms. The molecule has 1 saturated heterocycles. The molecule has 3 aromatic rings. The maximum Gasteiger partial charge on any atom is 0.219 e. The number of amides is 1. The van der Waals surface area contributed by atoms with E-state index in [1.54, 1.807) is 19.2 Å². The van der Waals surface area contributed by atoms with Crippen molar-refractivity contribution in [3.63, 3.8) is 0 Å². The van der Waals surface area contributed by atoms with E-state index in [1.165, 1.54) is 17.5 Å². The molecule has 0 saturated carbocycles. The molecule has 0 unspecified atom stereocenters. The minimum Gasteiger partial charge on any atom is -0.487 e. The Morgan fingerprint density at radius 1 is 1.18 bits per heavy atom. The van der Waals surface area contributed by atoms with Crippen molar-refractivity contribution in [2.75, 3.05) is 31.5 Å². The van der Waals surface area contributed by atoms with Crippen molar-refractivity contribution in [1.29, 1.82) is 0 Å². The van der Waals surface area contributed by atoms with E-state index in [2.05, 4.69) is 47.7 Å². The number of aromatic nitrogens is 5. The van der Waals surface area contributed by atoms with Crippen LogP contribution in [0.15, 0.2) is 36.8 Å². The number of fused-ring (bicyclic) bond motifs is 1. The summed E-state index contributed by atoms with van der Waals surface area (Å²) in [5.74, 6) is 1.40. The molecule has 1 atom stereocenters. The Labute approximate surface area is 233 Å². The number of ether oxygens (including phenoxy) is 1. The number of hydrogen-bond acceptors (Lipinski definition) is 10. The predicted molar refractivity (Wildman–Crippen MR) is 147 cm³/mol. The van der Waals surface area contributed by atoms with Gasteiger partial charge < -0.3 is 20.1 Å². The molecule has 0 bridgehead atoms. The van der Waals surface area contributed by atoms with Crippen LogP contribution in [0.1, 0.15) is 59.9 Å². The number of hydrogen-bond donors (Lipinski definition) is 3. The lowest BCUT2D eigenvalue weighted by Crippen LogP contribution is -2.41. The summed E-state index contributed by atoms with van der Waals surface area (Å²) >= 11 is 0. The third-order valence-electron chi connectivity index (χ3n) is 7.54. The van der Waals surface area contributed by atoms with Gasteiger partial charge >= 0.3 is 0 Å². The van der Waals surface area contributed by atoms with Gasteiger partial charge in [0.2, 0.25) is 5.91 Å². The first-order valence-corrected chi connectivity index (χ1v) is 13.8.